The second kappa shape index (κ2) is 48.7. The van der Waals surface area contributed by atoms with Crippen molar-refractivity contribution in [2.24, 2.45) is 0 Å². The fourth-order valence-electron chi connectivity index (χ4n) is 17.9. The highest BCUT2D eigenvalue weighted by atomic mass is 32.1. The number of rotatable bonds is 29. The van der Waals surface area contributed by atoms with Gasteiger partial charge in [-0.15, -0.1) is 45.3 Å². The Kier molecular flexibility index (Phi) is 37.4. The van der Waals surface area contributed by atoms with Crippen LogP contribution in [0.2, 0.25) is 0 Å². The number of thiazole rings is 4. The minimum Gasteiger partial charge on any atom is -0.390 e. The van der Waals surface area contributed by atoms with E-state index in [0.29, 0.717) is 133 Å². The van der Waals surface area contributed by atoms with Crippen molar-refractivity contribution in [2.75, 3.05) is 99.8 Å². The third-order valence-electron chi connectivity index (χ3n) is 26.6. The van der Waals surface area contributed by atoms with E-state index in [-0.39, 0.29) is 99.8 Å². The minimum absolute atomic E-state index is 0.0517. The lowest BCUT2D eigenvalue weighted by molar-refractivity contribution is -0.0495. The lowest BCUT2D eigenvalue weighted by Gasteiger charge is -2.31. The van der Waals surface area contributed by atoms with Gasteiger partial charge in [0.1, 0.15) is 64.6 Å². The highest BCUT2D eigenvalue weighted by Gasteiger charge is 2.41. The number of nitrogens with one attached hydrogen (secondary N) is 8. The molecule has 8 fully saturated rings. The third kappa shape index (κ3) is 31.3. The van der Waals surface area contributed by atoms with Gasteiger partial charge in [-0.1, -0.05) is 51.4 Å². The zero-order valence-electron chi connectivity index (χ0n) is 84.0. The number of hydrogen-bond donors (Lipinski definition) is 12. The quantitative estimate of drug-likeness (QED) is 0.0194. The van der Waals surface area contributed by atoms with E-state index in [4.69, 9.17) is 0 Å². The molecule has 4 saturated heterocycles. The first-order valence-corrected chi connectivity index (χ1v) is 53.5. The maximum atomic E-state index is 13.7. The highest BCUT2D eigenvalue weighted by molar-refractivity contribution is 7.18. The summed E-state index contributed by atoms with van der Waals surface area (Å²) in [4.78, 5) is 149. The molecule has 0 atom stereocenters. The molecule has 12 N–H and O–H groups in total. The maximum absolute atomic E-state index is 13.7. The van der Waals surface area contributed by atoms with Gasteiger partial charge in [0, 0.05) is 163 Å². The maximum Gasteiger partial charge on any atom is 0.280 e. The molecule has 143 heavy (non-hydrogen) atoms. The Morgan fingerprint density at radius 1 is 0.343 bits per heavy atom. The molecule has 4 aliphatic heterocycles. The number of carbonyl (C=O) groups excluding carboxylic acids is 8. The molecule has 12 heterocycles. The van der Waals surface area contributed by atoms with Gasteiger partial charge < -0.3 is 82.6 Å². The number of halogens is 5. The molecule has 16 rings (SSSR count). The Balaban J connectivity index is 0.000000160. The van der Waals surface area contributed by atoms with E-state index in [9.17, 15) is 80.7 Å². The Bertz CT molecular complexity index is 5740. The fourth-order valence-corrected chi connectivity index (χ4v) is 22.1. The summed E-state index contributed by atoms with van der Waals surface area (Å²) in [6, 6.07) is 9.50. The van der Waals surface area contributed by atoms with Crippen LogP contribution in [0, 0.1) is 27.7 Å². The number of piperidine rings is 4. The van der Waals surface area contributed by atoms with Gasteiger partial charge in [-0.25, -0.2) is 61.8 Å². The van der Waals surface area contributed by atoms with Gasteiger partial charge in [0.25, 0.3) is 53.2 Å². The van der Waals surface area contributed by atoms with Gasteiger partial charge in [-0.2, -0.15) is 0 Å². The van der Waals surface area contributed by atoms with Crippen molar-refractivity contribution >= 4 is 116 Å². The van der Waals surface area contributed by atoms with Crippen molar-refractivity contribution in [3.8, 4) is 41.8 Å². The molecular formula is C102H139F5N20O12S4. The van der Waals surface area contributed by atoms with Crippen molar-refractivity contribution < 1.29 is 80.7 Å². The summed E-state index contributed by atoms with van der Waals surface area (Å²) in [6.07, 6.45) is 25.6. The zero-order chi connectivity index (χ0) is 103. The largest absolute Gasteiger partial charge is 0.390 e. The molecule has 0 spiro atoms. The van der Waals surface area contributed by atoms with Crippen molar-refractivity contribution in [1.82, 2.24) is 80.7 Å². The number of alkyl halides is 5. The number of anilines is 4. The number of aryl methyl sites for hydroxylation is 4. The summed E-state index contributed by atoms with van der Waals surface area (Å²) in [7, 11) is 0. The van der Waals surface area contributed by atoms with Crippen LogP contribution in [-0.4, -0.2) is 277 Å². The molecule has 8 aromatic rings. The summed E-state index contributed by atoms with van der Waals surface area (Å²) in [5.41, 5.74) is 2.99. The van der Waals surface area contributed by atoms with Crippen LogP contribution >= 0.6 is 45.3 Å². The van der Waals surface area contributed by atoms with Gasteiger partial charge in [0.05, 0.1) is 41.9 Å². The van der Waals surface area contributed by atoms with Crippen LogP contribution in [0.4, 0.5) is 45.2 Å². The summed E-state index contributed by atoms with van der Waals surface area (Å²) < 4.78 is 68.4. The van der Waals surface area contributed by atoms with Crippen LogP contribution in [0.1, 0.15) is 326 Å². The molecule has 8 aromatic heterocycles. The summed E-state index contributed by atoms with van der Waals surface area (Å²) >= 11 is 4.48. The average Bonchev–Trinajstić information content (AvgIpc) is 1.66. The standard InChI is InChI=1S/C27H37F2N5O3S.C26H36FN5O3S.C25H34FN5O3S.C24H32FN5O3S/c1-17-15-20(32-18-7-5-4-6-8-18)31-16-19(17)22-21(25(36)34-13-10-27(28,29)11-14-34)33-24(38-22)23(35)30-12-9-26(2,3)37;1-16-13-20(30-18-7-5-4-6-8-18)28-14-19(16)22-21(25(34)32-11-9-17(27)10-12-32)31-24(36-22)23(33)29-15-26(2,3)35;1-15-12-19(29-17-6-4-5-7-17)27-13-18(15)21-20(24(33)31-10-8-16(26)9-11-31)30-23(35-21)22(32)28-14-25(2,3)34;1-14-11-18(28-16-5-4-6-16)26-12-17(14)20-19(23(32)30-9-7-15(25)8-10-30)29-22(34-20)21(31)27-13-24(2,3)33/h15-16,18,37H,4-14H2,1-3H3,(H,30,35)(H,31,32);13-14,17-18,35H,4-12,15H2,1-3H3,(H,28,30)(H,29,33);12-13,16-17,34H,4-11,14H2,1-3H3,(H,27,29)(H,28,32);11-12,15-16,33H,4-10,13H2,1-3H3,(H,26,28)(H,27,31). The van der Waals surface area contributed by atoms with Crippen LogP contribution in [0.3, 0.4) is 0 Å². The number of hydrogen-bond acceptors (Lipinski definition) is 28. The monoisotopic (exact) mass is 2060 g/mol. The molecule has 0 bridgehead atoms. The molecule has 32 nitrogen and oxygen atoms in total. The average molecular weight is 2060 g/mol. The van der Waals surface area contributed by atoms with Crippen LogP contribution < -0.4 is 42.5 Å². The molecule has 0 aromatic carbocycles. The first kappa shape index (κ1) is 110. The normalized spacial score (nSPS) is 17.8. The molecular weight excluding hydrogens is 1920 g/mol. The topological polar surface area (TPSA) is 430 Å². The van der Waals surface area contributed by atoms with E-state index in [1.807, 2.05) is 52.0 Å². The van der Waals surface area contributed by atoms with E-state index in [1.54, 1.807) is 94.9 Å². The molecule has 8 amide bonds. The summed E-state index contributed by atoms with van der Waals surface area (Å²) in [5.74, 6) is -2.84. The van der Waals surface area contributed by atoms with Crippen molar-refractivity contribution in [1.29, 1.82) is 0 Å². The van der Waals surface area contributed by atoms with E-state index >= 15 is 0 Å². The lowest BCUT2D eigenvalue weighted by Crippen LogP contribution is -2.43. The first-order chi connectivity index (χ1) is 67.7. The second-order valence-electron chi connectivity index (χ2n) is 41.5. The van der Waals surface area contributed by atoms with Crippen molar-refractivity contribution in [2.45, 2.75) is 321 Å². The van der Waals surface area contributed by atoms with Crippen molar-refractivity contribution in [3.05, 3.63) is 114 Å². The highest BCUT2D eigenvalue weighted by Crippen LogP contribution is 2.42. The predicted molar refractivity (Wildman–Crippen MR) is 548 cm³/mol. The Morgan fingerprint density at radius 2 is 0.573 bits per heavy atom. The van der Waals surface area contributed by atoms with E-state index in [2.05, 4.69) is 82.4 Å². The fraction of sp³-hybridized carbons (Fsp3) is 0.608. The number of nitrogens with zero attached hydrogens (tertiary/aromatic N) is 12. The smallest absolute Gasteiger partial charge is 0.280 e. The summed E-state index contributed by atoms with van der Waals surface area (Å²) in [5, 5.41) is 65.0. The molecule has 4 aliphatic carbocycles. The summed E-state index contributed by atoms with van der Waals surface area (Å²) in [6.45, 7) is 22.8. The molecule has 4 saturated carbocycles. The van der Waals surface area contributed by atoms with Gasteiger partial charge in [0.15, 0.2) is 20.0 Å². The number of aromatic nitrogens is 8. The third-order valence-corrected chi connectivity index (χ3v) is 30.9. The molecule has 778 valence electrons. The molecule has 0 radical (unpaired) electrons. The van der Waals surface area contributed by atoms with E-state index in [1.165, 1.54) is 62.7 Å². The number of pyridine rings is 4. The predicted octanol–water partition coefficient (Wildman–Crippen LogP) is 16.8. The zero-order valence-corrected chi connectivity index (χ0v) is 87.2. The van der Waals surface area contributed by atoms with Crippen LogP contribution in [0.15, 0.2) is 49.1 Å². The van der Waals surface area contributed by atoms with Gasteiger partial charge in [-0.3, -0.25) is 38.4 Å². The molecule has 41 heteroatoms. The lowest BCUT2D eigenvalue weighted by atomic mass is 9.93. The van der Waals surface area contributed by atoms with Gasteiger partial charge in [0.2, 0.25) is 0 Å². The van der Waals surface area contributed by atoms with Crippen LogP contribution in [-0.2, 0) is 0 Å². The van der Waals surface area contributed by atoms with Crippen molar-refractivity contribution in [3.63, 3.8) is 0 Å². The first-order valence-electron chi connectivity index (χ1n) is 50.2. The van der Waals surface area contributed by atoms with E-state index in [0.717, 1.165) is 159 Å². The van der Waals surface area contributed by atoms with Gasteiger partial charge >= 0.3 is 0 Å². The van der Waals surface area contributed by atoms with Gasteiger partial charge in [-0.05, 0) is 232 Å². The van der Waals surface area contributed by atoms with E-state index < -0.39 is 89.2 Å². The number of likely N-dealkylation sites (tertiary alicyclic amines) is 4. The number of amides is 8. The molecule has 8 aliphatic rings. The Morgan fingerprint density at radius 3 is 0.797 bits per heavy atom. The second-order valence-corrected chi connectivity index (χ2v) is 45.5. The Labute approximate surface area is 848 Å². The Hall–Kier alpha value is -10.4. The molecule has 0 unspecified atom stereocenters. The number of carbonyl (C=O) groups is 8. The SMILES string of the molecule is Cc1cc(NC2CCC2)ncc1-c1sc(C(=O)NCC(C)(C)O)nc1C(=O)N1CCC(F)CC1.Cc1cc(NC2CCCC2)ncc1-c1sc(C(=O)NCC(C)(C)O)nc1C(=O)N1CCC(F)CC1.Cc1cc(NC2CCCCC2)ncc1-c1sc(C(=O)NCC(C)(C)O)nc1C(=O)N1CCC(F)CC1.Cc1cc(NC2CCCCC2)ncc1-c1sc(C(=O)NCCC(C)(C)O)nc1C(=O)N1CCC(F)(F)CC1. The van der Waals surface area contributed by atoms with Crippen LogP contribution in [0.25, 0.3) is 41.8 Å². The van der Waals surface area contributed by atoms with Crippen LogP contribution in [0.5, 0.6) is 0 Å². The number of aliphatic hydroxyl groups is 4. The minimum atomic E-state index is -2.78.